The predicted octanol–water partition coefficient (Wildman–Crippen LogP) is 3.56. The molecule has 0 radical (unpaired) electrons. The van der Waals surface area contributed by atoms with Crippen molar-refractivity contribution in [1.29, 1.82) is 0 Å². The smallest absolute Gasteiger partial charge is 0.251 e. The topological polar surface area (TPSA) is 69.7 Å². The lowest BCUT2D eigenvalue weighted by atomic mass is 9.99. The van der Waals surface area contributed by atoms with Crippen molar-refractivity contribution in [1.82, 2.24) is 10.2 Å². The minimum absolute atomic E-state index is 0.134. The van der Waals surface area contributed by atoms with Crippen molar-refractivity contribution in [2.75, 3.05) is 23.7 Å². The highest BCUT2D eigenvalue weighted by atomic mass is 32.2. The number of hydrogen-bond acceptors (Lipinski definition) is 4. The molecule has 2 heterocycles. The van der Waals surface area contributed by atoms with Crippen LogP contribution in [-0.4, -0.2) is 44.6 Å². The number of nitrogens with one attached hydrogen (secondary N) is 1. The van der Waals surface area contributed by atoms with Crippen LogP contribution in [0.25, 0.3) is 0 Å². The lowest BCUT2D eigenvalue weighted by Gasteiger charge is -2.30. The molecule has 4 rings (SSSR count). The highest BCUT2D eigenvalue weighted by Gasteiger charge is 2.32. The molecule has 7 heteroatoms. The first-order chi connectivity index (χ1) is 15.2. The number of fused-ring (bicyclic) bond motifs is 1. The molecule has 1 N–H and O–H groups in total. The van der Waals surface area contributed by atoms with E-state index in [1.165, 1.54) is 42.1 Å². The fourth-order valence-electron chi connectivity index (χ4n) is 4.77. The molecule has 1 atom stereocenters. The fraction of sp³-hybridized carbons (Fsp3) is 0.480. The Bertz CT molecular complexity index is 1070. The van der Waals surface area contributed by atoms with Crippen LogP contribution >= 0.6 is 0 Å². The third-order valence-electron chi connectivity index (χ3n) is 6.61. The summed E-state index contributed by atoms with van der Waals surface area (Å²) in [7, 11) is -3.33. The van der Waals surface area contributed by atoms with Crippen LogP contribution in [0, 0.1) is 5.92 Å². The minimum Gasteiger partial charge on any atom is -0.348 e. The van der Waals surface area contributed by atoms with E-state index in [4.69, 9.17) is 0 Å². The first-order valence-corrected chi connectivity index (χ1v) is 13.3. The SMILES string of the molecule is CC1CCN(Cc2ccc(CNC(=O)c3ccc4c(c3)CC(C)N4S(C)(=O)=O)cc2)CC1. The summed E-state index contributed by atoms with van der Waals surface area (Å²) in [5.74, 6) is 0.690. The molecule has 2 aliphatic heterocycles. The quantitative estimate of drug-likeness (QED) is 0.723. The van der Waals surface area contributed by atoms with Crippen molar-refractivity contribution >= 4 is 21.6 Å². The van der Waals surface area contributed by atoms with E-state index >= 15 is 0 Å². The van der Waals surface area contributed by atoms with E-state index in [0.29, 0.717) is 24.2 Å². The molecule has 6 nitrogen and oxygen atoms in total. The number of nitrogens with zero attached hydrogens (tertiary/aromatic N) is 2. The van der Waals surface area contributed by atoms with E-state index in [9.17, 15) is 13.2 Å². The van der Waals surface area contributed by atoms with Crippen molar-refractivity contribution in [3.63, 3.8) is 0 Å². The molecular weight excluding hydrogens is 422 g/mol. The van der Waals surface area contributed by atoms with E-state index in [1.54, 1.807) is 12.1 Å². The first-order valence-electron chi connectivity index (χ1n) is 11.4. The van der Waals surface area contributed by atoms with Crippen LogP contribution in [0.4, 0.5) is 5.69 Å². The zero-order chi connectivity index (χ0) is 22.9. The average Bonchev–Trinajstić information content (AvgIpc) is 3.10. The molecule has 172 valence electrons. The van der Waals surface area contributed by atoms with Gasteiger partial charge < -0.3 is 5.32 Å². The second-order valence-corrected chi connectivity index (χ2v) is 11.3. The number of piperidine rings is 1. The number of anilines is 1. The van der Waals surface area contributed by atoms with Crippen molar-refractivity contribution in [2.45, 2.75) is 52.2 Å². The van der Waals surface area contributed by atoms with Gasteiger partial charge in [0.1, 0.15) is 0 Å². The molecule has 0 aliphatic carbocycles. The van der Waals surface area contributed by atoms with Gasteiger partial charge in [-0.25, -0.2) is 8.42 Å². The van der Waals surface area contributed by atoms with Crippen molar-refractivity contribution < 1.29 is 13.2 Å². The third-order valence-corrected chi connectivity index (χ3v) is 7.88. The molecule has 0 spiro atoms. The Morgan fingerprint density at radius 2 is 1.69 bits per heavy atom. The van der Waals surface area contributed by atoms with Gasteiger partial charge in [-0.05, 0) is 80.1 Å². The van der Waals surface area contributed by atoms with E-state index in [0.717, 1.165) is 23.6 Å². The van der Waals surface area contributed by atoms with Crippen LogP contribution in [0.1, 0.15) is 53.7 Å². The van der Waals surface area contributed by atoms with Crippen LogP contribution in [0.3, 0.4) is 0 Å². The highest BCUT2D eigenvalue weighted by Crippen LogP contribution is 2.34. The number of likely N-dealkylation sites (tertiary alicyclic amines) is 1. The fourth-order valence-corrected chi connectivity index (χ4v) is 6.04. The Morgan fingerprint density at radius 1 is 1.03 bits per heavy atom. The molecule has 1 unspecified atom stereocenters. The van der Waals surface area contributed by atoms with Gasteiger partial charge in [-0.1, -0.05) is 31.2 Å². The summed E-state index contributed by atoms with van der Waals surface area (Å²) in [6.07, 6.45) is 4.38. The van der Waals surface area contributed by atoms with E-state index in [1.807, 2.05) is 13.0 Å². The minimum atomic E-state index is -3.33. The Balaban J connectivity index is 1.34. The highest BCUT2D eigenvalue weighted by molar-refractivity contribution is 7.92. The summed E-state index contributed by atoms with van der Waals surface area (Å²) >= 11 is 0. The number of carbonyl (C=O) groups excluding carboxylic acids is 1. The molecule has 32 heavy (non-hydrogen) atoms. The summed E-state index contributed by atoms with van der Waals surface area (Å²) in [5.41, 5.74) is 4.50. The monoisotopic (exact) mass is 455 g/mol. The molecule has 1 saturated heterocycles. The number of carbonyl (C=O) groups is 1. The van der Waals surface area contributed by atoms with Crippen LogP contribution in [0.5, 0.6) is 0 Å². The molecule has 0 bridgehead atoms. The van der Waals surface area contributed by atoms with Gasteiger partial charge in [0.2, 0.25) is 10.0 Å². The van der Waals surface area contributed by atoms with Gasteiger partial charge in [0.15, 0.2) is 0 Å². The number of amides is 1. The van der Waals surface area contributed by atoms with E-state index < -0.39 is 10.0 Å². The maximum atomic E-state index is 12.7. The number of benzene rings is 2. The van der Waals surface area contributed by atoms with Gasteiger partial charge in [-0.2, -0.15) is 0 Å². The van der Waals surface area contributed by atoms with Crippen molar-refractivity contribution in [3.8, 4) is 0 Å². The third kappa shape index (κ3) is 5.15. The van der Waals surface area contributed by atoms with Gasteiger partial charge >= 0.3 is 0 Å². The predicted molar refractivity (Wildman–Crippen MR) is 128 cm³/mol. The number of rotatable bonds is 6. The zero-order valence-corrected chi connectivity index (χ0v) is 20.0. The Hall–Kier alpha value is -2.38. The molecule has 1 amide bonds. The maximum Gasteiger partial charge on any atom is 0.251 e. The van der Waals surface area contributed by atoms with Crippen LogP contribution in [0.15, 0.2) is 42.5 Å². The van der Waals surface area contributed by atoms with Gasteiger partial charge in [-0.15, -0.1) is 0 Å². The van der Waals surface area contributed by atoms with Gasteiger partial charge in [0, 0.05) is 24.7 Å². The van der Waals surface area contributed by atoms with Gasteiger partial charge in [-0.3, -0.25) is 14.0 Å². The molecule has 2 aromatic rings. The average molecular weight is 456 g/mol. The summed E-state index contributed by atoms with van der Waals surface area (Å²) in [4.78, 5) is 15.2. The molecule has 2 aliphatic rings. The normalized spacial score (nSPS) is 19.7. The zero-order valence-electron chi connectivity index (χ0n) is 19.2. The second kappa shape index (κ2) is 9.24. The summed E-state index contributed by atoms with van der Waals surface area (Å²) in [6.45, 7) is 7.99. The van der Waals surface area contributed by atoms with Gasteiger partial charge in [0.25, 0.3) is 5.91 Å². The maximum absolute atomic E-state index is 12.7. The van der Waals surface area contributed by atoms with Crippen LogP contribution in [-0.2, 0) is 29.5 Å². The van der Waals surface area contributed by atoms with Crippen LogP contribution < -0.4 is 9.62 Å². The molecular formula is C25H33N3O3S. The summed E-state index contributed by atoms with van der Waals surface area (Å²) in [5, 5.41) is 2.98. The Labute approximate surface area is 191 Å². The summed E-state index contributed by atoms with van der Waals surface area (Å²) < 4.78 is 25.6. The van der Waals surface area contributed by atoms with Crippen LogP contribution in [0.2, 0.25) is 0 Å². The van der Waals surface area contributed by atoms with Gasteiger partial charge in [0.05, 0.1) is 11.9 Å². The Morgan fingerprint density at radius 3 is 2.34 bits per heavy atom. The molecule has 1 fully saturated rings. The Kier molecular flexibility index (Phi) is 6.58. The molecule has 0 saturated carbocycles. The standard InChI is InChI=1S/C25H33N3O3S/c1-18-10-12-27(13-11-18)17-21-6-4-20(5-7-21)16-26-25(29)22-8-9-24-23(15-22)14-19(2)28(24)32(3,30)31/h4-9,15,18-19H,10-14,16-17H2,1-3H3,(H,26,29). The first kappa shape index (κ1) is 22.8. The number of sulfonamides is 1. The second-order valence-electron chi connectivity index (χ2n) is 9.41. The summed E-state index contributed by atoms with van der Waals surface area (Å²) in [6, 6.07) is 13.6. The number of hydrogen-bond donors (Lipinski definition) is 1. The largest absolute Gasteiger partial charge is 0.348 e. The molecule has 2 aromatic carbocycles. The lowest BCUT2D eigenvalue weighted by Crippen LogP contribution is -2.34. The lowest BCUT2D eigenvalue weighted by molar-refractivity contribution is 0.0951. The van der Waals surface area contributed by atoms with Crippen molar-refractivity contribution in [2.24, 2.45) is 5.92 Å². The molecule has 0 aromatic heterocycles. The van der Waals surface area contributed by atoms with E-state index in [2.05, 4.69) is 41.4 Å². The van der Waals surface area contributed by atoms with E-state index in [-0.39, 0.29) is 11.9 Å². The van der Waals surface area contributed by atoms with Crippen molar-refractivity contribution in [3.05, 3.63) is 64.7 Å².